The minimum Gasteiger partial charge on any atom is -0.492 e. The minimum absolute atomic E-state index is 0.320. The number of carbonyl (C=O) groups is 1. The lowest BCUT2D eigenvalue weighted by Crippen LogP contribution is -2.38. The van der Waals surface area contributed by atoms with Crippen LogP contribution in [0.1, 0.15) is 23.2 Å². The molecule has 1 aliphatic heterocycles. The van der Waals surface area contributed by atoms with Gasteiger partial charge in [0, 0.05) is 31.4 Å². The highest BCUT2D eigenvalue weighted by atomic mass is 16.5. The van der Waals surface area contributed by atoms with E-state index in [9.17, 15) is 4.79 Å². The zero-order valence-corrected chi connectivity index (χ0v) is 12.4. The van der Waals surface area contributed by atoms with Crippen molar-refractivity contribution < 1.29 is 14.3 Å². The predicted octanol–water partition coefficient (Wildman–Crippen LogP) is 0.780. The Morgan fingerprint density at radius 1 is 1.48 bits per heavy atom. The van der Waals surface area contributed by atoms with E-state index in [0.29, 0.717) is 24.0 Å². The zero-order valence-electron chi connectivity index (χ0n) is 12.4. The molecule has 6 nitrogen and oxygen atoms in total. The monoisotopic (exact) mass is 293 g/mol. The van der Waals surface area contributed by atoms with E-state index >= 15 is 0 Å². The number of benzene rings is 1. The van der Waals surface area contributed by atoms with Crippen LogP contribution in [-0.2, 0) is 4.74 Å². The summed E-state index contributed by atoms with van der Waals surface area (Å²) in [6.07, 6.45) is 2.14. The van der Waals surface area contributed by atoms with Crippen LogP contribution in [0.25, 0.3) is 0 Å². The lowest BCUT2D eigenvalue weighted by atomic mass is 10.1. The number of nitrogens with zero attached hydrogens (tertiary/aromatic N) is 1. The van der Waals surface area contributed by atoms with Crippen molar-refractivity contribution in [1.82, 2.24) is 10.3 Å². The second-order valence-corrected chi connectivity index (χ2v) is 5.17. The molecule has 1 saturated heterocycles. The number of rotatable bonds is 6. The Morgan fingerprint density at radius 3 is 2.95 bits per heavy atom. The lowest BCUT2D eigenvalue weighted by molar-refractivity contribution is 0.0392. The number of nitrogen functional groups attached to an aromatic ring is 1. The van der Waals surface area contributed by atoms with Gasteiger partial charge in [-0.3, -0.25) is 15.1 Å². The molecule has 0 aliphatic carbocycles. The standard InChI is InChI=1S/C15H23N3O3/c1-18(13-5-8-20-9-6-13)7-10-21-14-4-2-3-12(11-14)15(19)17-16/h2-4,11,13H,5-10,16H2,1H3,(H,17,19). The summed E-state index contributed by atoms with van der Waals surface area (Å²) in [5.74, 6) is 5.48. The van der Waals surface area contributed by atoms with E-state index in [0.717, 1.165) is 32.6 Å². The molecule has 3 N–H and O–H groups in total. The molecule has 0 spiro atoms. The highest BCUT2D eigenvalue weighted by Crippen LogP contribution is 2.15. The summed E-state index contributed by atoms with van der Waals surface area (Å²) >= 11 is 0. The maximum absolute atomic E-state index is 11.4. The van der Waals surface area contributed by atoms with Gasteiger partial charge in [-0.2, -0.15) is 0 Å². The average Bonchev–Trinajstić information content (AvgIpc) is 2.55. The molecule has 1 amide bonds. The third-order valence-corrected chi connectivity index (χ3v) is 3.75. The molecule has 1 heterocycles. The minimum atomic E-state index is -0.320. The van der Waals surface area contributed by atoms with E-state index in [-0.39, 0.29) is 5.91 Å². The number of hydrazine groups is 1. The molecular formula is C15H23N3O3. The van der Waals surface area contributed by atoms with E-state index in [2.05, 4.69) is 17.4 Å². The van der Waals surface area contributed by atoms with Crippen molar-refractivity contribution in [3.8, 4) is 5.75 Å². The number of nitrogens with two attached hydrogens (primary N) is 1. The molecule has 0 bridgehead atoms. The largest absolute Gasteiger partial charge is 0.492 e. The van der Waals surface area contributed by atoms with Crippen LogP contribution in [0.3, 0.4) is 0 Å². The molecule has 0 atom stereocenters. The highest BCUT2D eigenvalue weighted by Gasteiger charge is 2.17. The number of carbonyl (C=O) groups excluding carboxylic acids is 1. The Bertz CT molecular complexity index is 461. The number of hydrogen-bond donors (Lipinski definition) is 2. The SMILES string of the molecule is CN(CCOc1cccc(C(=O)NN)c1)C1CCOCC1. The molecule has 6 heteroatoms. The molecule has 1 fully saturated rings. The van der Waals surface area contributed by atoms with Crippen LogP contribution in [0.2, 0.25) is 0 Å². The molecule has 0 saturated carbocycles. The van der Waals surface area contributed by atoms with Gasteiger partial charge in [0.2, 0.25) is 0 Å². The maximum Gasteiger partial charge on any atom is 0.265 e. The number of hydrogen-bond acceptors (Lipinski definition) is 5. The van der Waals surface area contributed by atoms with Gasteiger partial charge in [0.05, 0.1) is 0 Å². The third kappa shape index (κ3) is 4.70. The summed E-state index contributed by atoms with van der Waals surface area (Å²) < 4.78 is 11.1. The summed E-state index contributed by atoms with van der Waals surface area (Å²) in [5.41, 5.74) is 2.60. The van der Waals surface area contributed by atoms with Crippen molar-refractivity contribution in [2.24, 2.45) is 5.84 Å². The molecule has 0 radical (unpaired) electrons. The first-order valence-electron chi connectivity index (χ1n) is 7.22. The van der Waals surface area contributed by atoms with Crippen LogP contribution in [0.5, 0.6) is 5.75 Å². The van der Waals surface area contributed by atoms with Crippen LogP contribution in [0, 0.1) is 0 Å². The average molecular weight is 293 g/mol. The smallest absolute Gasteiger partial charge is 0.265 e. The summed E-state index contributed by atoms with van der Waals surface area (Å²) in [6, 6.07) is 7.57. The molecule has 0 unspecified atom stereocenters. The van der Waals surface area contributed by atoms with Crippen molar-refractivity contribution in [3.05, 3.63) is 29.8 Å². The summed E-state index contributed by atoms with van der Waals surface area (Å²) in [7, 11) is 2.11. The molecule has 2 rings (SSSR count). The number of nitrogens with one attached hydrogen (secondary N) is 1. The van der Waals surface area contributed by atoms with Gasteiger partial charge in [-0.25, -0.2) is 5.84 Å². The van der Waals surface area contributed by atoms with Crippen molar-refractivity contribution in [1.29, 1.82) is 0 Å². The van der Waals surface area contributed by atoms with Gasteiger partial charge in [0.1, 0.15) is 12.4 Å². The molecular weight excluding hydrogens is 270 g/mol. The zero-order chi connectivity index (χ0) is 15.1. The van der Waals surface area contributed by atoms with Gasteiger partial charge in [-0.05, 0) is 38.1 Å². The second-order valence-electron chi connectivity index (χ2n) is 5.17. The molecule has 1 aromatic rings. The van der Waals surface area contributed by atoms with Crippen LogP contribution in [-0.4, -0.2) is 50.3 Å². The fourth-order valence-electron chi connectivity index (χ4n) is 2.43. The molecule has 0 aromatic heterocycles. The summed E-state index contributed by atoms with van der Waals surface area (Å²) in [5, 5.41) is 0. The Morgan fingerprint density at radius 2 is 2.24 bits per heavy atom. The molecule has 1 aliphatic rings. The second kappa shape index (κ2) is 7.97. The highest BCUT2D eigenvalue weighted by molar-refractivity contribution is 5.94. The van der Waals surface area contributed by atoms with E-state index < -0.39 is 0 Å². The quantitative estimate of drug-likeness (QED) is 0.460. The Kier molecular flexibility index (Phi) is 5.98. The van der Waals surface area contributed by atoms with Gasteiger partial charge in [0.15, 0.2) is 0 Å². The molecule has 21 heavy (non-hydrogen) atoms. The number of amides is 1. The first-order chi connectivity index (χ1) is 10.2. The number of likely N-dealkylation sites (N-methyl/N-ethyl adjacent to an activating group) is 1. The van der Waals surface area contributed by atoms with Crippen LogP contribution in [0.4, 0.5) is 0 Å². The summed E-state index contributed by atoms with van der Waals surface area (Å²) in [6.45, 7) is 3.11. The van der Waals surface area contributed by atoms with Crippen molar-refractivity contribution in [3.63, 3.8) is 0 Å². The van der Waals surface area contributed by atoms with Crippen LogP contribution >= 0.6 is 0 Å². The van der Waals surface area contributed by atoms with Gasteiger partial charge >= 0.3 is 0 Å². The van der Waals surface area contributed by atoms with E-state index in [1.165, 1.54) is 0 Å². The topological polar surface area (TPSA) is 76.8 Å². The van der Waals surface area contributed by atoms with Crippen LogP contribution < -0.4 is 16.0 Å². The van der Waals surface area contributed by atoms with Gasteiger partial charge < -0.3 is 9.47 Å². The fraction of sp³-hybridized carbons (Fsp3) is 0.533. The Labute approximate surface area is 125 Å². The Hall–Kier alpha value is -1.63. The first kappa shape index (κ1) is 15.8. The maximum atomic E-state index is 11.4. The predicted molar refractivity (Wildman–Crippen MR) is 80.1 cm³/mol. The van der Waals surface area contributed by atoms with E-state index in [4.69, 9.17) is 15.3 Å². The van der Waals surface area contributed by atoms with E-state index in [1.54, 1.807) is 18.2 Å². The fourth-order valence-corrected chi connectivity index (χ4v) is 2.43. The van der Waals surface area contributed by atoms with Gasteiger partial charge in [0.25, 0.3) is 5.91 Å². The normalized spacial score (nSPS) is 16.0. The van der Waals surface area contributed by atoms with Crippen molar-refractivity contribution in [2.45, 2.75) is 18.9 Å². The van der Waals surface area contributed by atoms with Crippen LogP contribution in [0.15, 0.2) is 24.3 Å². The number of ether oxygens (including phenoxy) is 2. The van der Waals surface area contributed by atoms with E-state index in [1.807, 2.05) is 6.07 Å². The van der Waals surface area contributed by atoms with Gasteiger partial charge in [-0.1, -0.05) is 6.07 Å². The van der Waals surface area contributed by atoms with Gasteiger partial charge in [-0.15, -0.1) is 0 Å². The first-order valence-corrected chi connectivity index (χ1v) is 7.22. The third-order valence-electron chi connectivity index (χ3n) is 3.75. The molecule has 1 aromatic carbocycles. The Balaban J connectivity index is 1.78. The van der Waals surface area contributed by atoms with Crippen molar-refractivity contribution >= 4 is 5.91 Å². The lowest BCUT2D eigenvalue weighted by Gasteiger charge is -2.31. The van der Waals surface area contributed by atoms with Crippen molar-refractivity contribution in [2.75, 3.05) is 33.4 Å². The molecule has 116 valence electrons. The summed E-state index contributed by atoms with van der Waals surface area (Å²) in [4.78, 5) is 13.7.